The molecule has 2 aliphatic rings. The summed E-state index contributed by atoms with van der Waals surface area (Å²) in [6.45, 7) is 0. The van der Waals surface area contributed by atoms with Crippen LogP contribution < -0.4 is 0 Å². The minimum atomic E-state index is -4.64. The quantitative estimate of drug-likeness (QED) is 0.386. The molecule has 0 radical (unpaired) electrons. The summed E-state index contributed by atoms with van der Waals surface area (Å²) in [5, 5.41) is 0. The van der Waals surface area contributed by atoms with Crippen LogP contribution in [0.1, 0.15) is 64.2 Å². The third-order valence-electron chi connectivity index (χ3n) is 4.03. The molecule has 144 valence electrons. The largest absolute Gasteiger partial charge is 0.466 e. The molecule has 0 spiro atoms. The molecule has 0 bridgehead atoms. The topological polar surface area (TPSA) is 130 Å². The van der Waals surface area contributed by atoms with Crippen LogP contribution in [0.3, 0.4) is 0 Å². The average molecular weight is 378 g/mol. The van der Waals surface area contributed by atoms with Gasteiger partial charge in [0, 0.05) is 12.2 Å². The zero-order chi connectivity index (χ0) is 18.7. The van der Waals surface area contributed by atoms with Crippen molar-refractivity contribution in [2.45, 2.75) is 76.4 Å². The molecule has 2 saturated carbocycles. The van der Waals surface area contributed by atoms with Gasteiger partial charge in [0.15, 0.2) is 0 Å². The zero-order valence-electron chi connectivity index (χ0n) is 14.2. The number of esters is 2. The number of phosphoric acid groups is 1. The molecule has 9 heteroatoms. The maximum atomic E-state index is 11.6. The fraction of sp³-hybridized carbons (Fsp3) is 0.750. The second-order valence-electron chi connectivity index (χ2n) is 6.24. The summed E-state index contributed by atoms with van der Waals surface area (Å²) >= 11 is 0. The molecule has 3 N–H and O–H groups in total. The van der Waals surface area contributed by atoms with E-state index < -0.39 is 19.8 Å². The fourth-order valence-corrected chi connectivity index (χ4v) is 2.91. The number of carbonyl (C=O) groups is 2. The van der Waals surface area contributed by atoms with Crippen molar-refractivity contribution in [1.82, 2.24) is 0 Å². The molecule has 2 fully saturated rings. The highest BCUT2D eigenvalue weighted by Gasteiger charge is 2.18. The van der Waals surface area contributed by atoms with Gasteiger partial charge in [-0.05, 0) is 51.4 Å². The van der Waals surface area contributed by atoms with E-state index in [-0.39, 0.29) is 12.2 Å². The summed E-state index contributed by atoms with van der Waals surface area (Å²) in [7, 11) is -4.64. The van der Waals surface area contributed by atoms with E-state index in [4.69, 9.17) is 28.7 Å². The van der Waals surface area contributed by atoms with Crippen LogP contribution in [0.15, 0.2) is 12.2 Å². The first-order valence-corrected chi connectivity index (χ1v) is 10.2. The number of rotatable bonds is 4. The Bertz CT molecular complexity index is 444. The first-order valence-electron chi connectivity index (χ1n) is 8.61. The molecular weight excluding hydrogens is 351 g/mol. The van der Waals surface area contributed by atoms with Crippen molar-refractivity contribution in [2.75, 3.05) is 0 Å². The predicted octanol–water partition coefficient (Wildman–Crippen LogP) is 2.37. The van der Waals surface area contributed by atoms with E-state index in [1.54, 1.807) is 0 Å². The molecule has 0 amide bonds. The first-order chi connectivity index (χ1) is 11.7. The number of carbonyl (C=O) groups excluding carboxylic acids is 2. The Morgan fingerprint density at radius 1 is 0.720 bits per heavy atom. The number of hydrogen-bond acceptors (Lipinski definition) is 5. The average Bonchev–Trinajstić information content (AvgIpc) is 2.53. The molecule has 0 aromatic rings. The molecule has 0 atom stereocenters. The Labute approximate surface area is 147 Å². The van der Waals surface area contributed by atoms with Crippen LogP contribution in [0.4, 0.5) is 0 Å². The van der Waals surface area contributed by atoms with Crippen molar-refractivity contribution in [2.24, 2.45) is 0 Å². The van der Waals surface area contributed by atoms with Gasteiger partial charge in [-0.2, -0.15) is 0 Å². The molecular formula is C16H27O8P. The molecule has 8 nitrogen and oxygen atoms in total. The predicted molar refractivity (Wildman–Crippen MR) is 89.3 cm³/mol. The van der Waals surface area contributed by atoms with Gasteiger partial charge in [0.1, 0.15) is 12.2 Å². The van der Waals surface area contributed by atoms with Gasteiger partial charge in [-0.3, -0.25) is 0 Å². The molecule has 0 unspecified atom stereocenters. The SMILES string of the molecule is O=C(/C=C\C(=O)OC1CCCCC1)OC1CCCCC1.O=P(O)(O)O. The Hall–Kier alpha value is -1.21. The Kier molecular flexibility index (Phi) is 9.97. The van der Waals surface area contributed by atoms with Gasteiger partial charge in [0.2, 0.25) is 0 Å². The van der Waals surface area contributed by atoms with Crippen molar-refractivity contribution in [3.63, 3.8) is 0 Å². The highest BCUT2D eigenvalue weighted by Crippen LogP contribution is 2.25. The normalized spacial score (nSPS) is 19.8. The first kappa shape index (κ1) is 21.8. The maximum Gasteiger partial charge on any atom is 0.466 e. The summed E-state index contributed by atoms with van der Waals surface area (Å²) in [5.74, 6) is -0.866. The van der Waals surface area contributed by atoms with Crippen LogP contribution in [-0.4, -0.2) is 38.8 Å². The summed E-state index contributed by atoms with van der Waals surface area (Å²) in [6.07, 6.45) is 13.1. The fourth-order valence-electron chi connectivity index (χ4n) is 2.91. The Morgan fingerprint density at radius 3 is 1.28 bits per heavy atom. The second-order valence-corrected chi connectivity index (χ2v) is 7.27. The minimum Gasteiger partial charge on any atom is -0.459 e. The zero-order valence-corrected chi connectivity index (χ0v) is 15.1. The highest BCUT2D eigenvalue weighted by molar-refractivity contribution is 7.45. The van der Waals surface area contributed by atoms with Crippen LogP contribution in [0.25, 0.3) is 0 Å². The van der Waals surface area contributed by atoms with Crippen LogP contribution in [0.5, 0.6) is 0 Å². The third-order valence-corrected chi connectivity index (χ3v) is 4.03. The van der Waals surface area contributed by atoms with Gasteiger partial charge < -0.3 is 24.2 Å². The smallest absolute Gasteiger partial charge is 0.459 e. The van der Waals surface area contributed by atoms with E-state index in [0.717, 1.165) is 51.4 Å². The van der Waals surface area contributed by atoms with Crippen LogP contribution in [0, 0.1) is 0 Å². The Balaban J connectivity index is 0.000000550. The molecule has 2 rings (SSSR count). The lowest BCUT2D eigenvalue weighted by molar-refractivity contribution is -0.147. The summed E-state index contributed by atoms with van der Waals surface area (Å²) in [5.41, 5.74) is 0. The van der Waals surface area contributed by atoms with E-state index in [1.165, 1.54) is 25.0 Å². The minimum absolute atomic E-state index is 0.0234. The molecule has 0 saturated heterocycles. The van der Waals surface area contributed by atoms with E-state index >= 15 is 0 Å². The summed E-state index contributed by atoms with van der Waals surface area (Å²) in [4.78, 5) is 44.7. The summed E-state index contributed by atoms with van der Waals surface area (Å²) in [6, 6.07) is 0. The van der Waals surface area contributed by atoms with Gasteiger partial charge in [0.05, 0.1) is 0 Å². The lowest BCUT2D eigenvalue weighted by atomic mass is 9.98. The maximum absolute atomic E-state index is 11.6. The van der Waals surface area contributed by atoms with Crippen LogP contribution >= 0.6 is 7.82 Å². The van der Waals surface area contributed by atoms with Gasteiger partial charge in [-0.1, -0.05) is 12.8 Å². The lowest BCUT2D eigenvalue weighted by Crippen LogP contribution is -2.21. The van der Waals surface area contributed by atoms with Gasteiger partial charge >= 0.3 is 19.8 Å². The van der Waals surface area contributed by atoms with Gasteiger partial charge in [0.25, 0.3) is 0 Å². The lowest BCUT2D eigenvalue weighted by Gasteiger charge is -2.21. The van der Waals surface area contributed by atoms with Crippen LogP contribution in [0.2, 0.25) is 0 Å². The number of ether oxygens (including phenoxy) is 2. The van der Waals surface area contributed by atoms with Crippen molar-refractivity contribution >= 4 is 19.8 Å². The molecule has 0 aliphatic heterocycles. The summed E-state index contributed by atoms with van der Waals surface area (Å²) < 4.78 is 19.5. The molecule has 0 heterocycles. The number of hydrogen-bond donors (Lipinski definition) is 3. The highest BCUT2D eigenvalue weighted by atomic mass is 31.2. The third kappa shape index (κ3) is 12.8. The van der Waals surface area contributed by atoms with Crippen molar-refractivity contribution in [1.29, 1.82) is 0 Å². The van der Waals surface area contributed by atoms with Gasteiger partial charge in [-0.25, -0.2) is 14.2 Å². The van der Waals surface area contributed by atoms with E-state index in [2.05, 4.69) is 0 Å². The van der Waals surface area contributed by atoms with E-state index in [0.29, 0.717) is 0 Å². The van der Waals surface area contributed by atoms with Crippen LogP contribution in [-0.2, 0) is 23.6 Å². The Morgan fingerprint density at radius 2 is 1.00 bits per heavy atom. The molecule has 0 aromatic heterocycles. The second kappa shape index (κ2) is 11.4. The van der Waals surface area contributed by atoms with Gasteiger partial charge in [-0.15, -0.1) is 0 Å². The van der Waals surface area contributed by atoms with Crippen molar-refractivity contribution in [3.8, 4) is 0 Å². The molecule has 25 heavy (non-hydrogen) atoms. The van der Waals surface area contributed by atoms with E-state index in [9.17, 15) is 9.59 Å². The standard InChI is InChI=1S/C16H24O4.H3O4P/c17-15(19-13-7-3-1-4-8-13)11-12-16(18)20-14-9-5-2-6-10-14;1-5(2,3)4/h11-14H,1-10H2;(H3,1,2,3,4)/b12-11-;. The van der Waals surface area contributed by atoms with Crippen molar-refractivity contribution < 1.29 is 38.3 Å². The molecule has 0 aromatic carbocycles. The van der Waals surface area contributed by atoms with E-state index in [1.807, 2.05) is 0 Å². The monoisotopic (exact) mass is 378 g/mol. The van der Waals surface area contributed by atoms with Crippen molar-refractivity contribution in [3.05, 3.63) is 12.2 Å². The molecule has 2 aliphatic carbocycles.